The molecule has 9 heteroatoms. The second-order valence-corrected chi connectivity index (χ2v) is 5.55. The minimum atomic E-state index is -0.486. The summed E-state index contributed by atoms with van der Waals surface area (Å²) in [4.78, 5) is 10.3. The highest BCUT2D eigenvalue weighted by Gasteiger charge is 2.12. The van der Waals surface area contributed by atoms with Crippen molar-refractivity contribution >= 4 is 28.7 Å². The number of nitro groups is 1. The van der Waals surface area contributed by atoms with Crippen molar-refractivity contribution in [1.29, 1.82) is 0 Å². The highest BCUT2D eigenvalue weighted by atomic mass is 32.1. The van der Waals surface area contributed by atoms with E-state index in [-0.39, 0.29) is 5.69 Å². The Morgan fingerprint density at radius 2 is 1.73 bits per heavy atom. The summed E-state index contributed by atoms with van der Waals surface area (Å²) >= 11 is 5.27. The molecule has 0 unspecified atom stereocenters. The van der Waals surface area contributed by atoms with Gasteiger partial charge in [0.15, 0.2) is 16.6 Å². The van der Waals surface area contributed by atoms with Crippen molar-refractivity contribution in [3.05, 3.63) is 52.1 Å². The Hall–Kier alpha value is -3.07. The summed E-state index contributed by atoms with van der Waals surface area (Å²) in [7, 11) is 4.58. The number of non-ortho nitro benzene ring substituents is 1. The number of nitrogens with one attached hydrogen (secondary N) is 2. The minimum Gasteiger partial charge on any atom is -0.494 e. The first-order valence-corrected chi connectivity index (χ1v) is 7.97. The molecule has 2 rings (SSSR count). The lowest BCUT2D eigenvalue weighted by molar-refractivity contribution is -0.384. The van der Waals surface area contributed by atoms with E-state index in [2.05, 4.69) is 10.6 Å². The van der Waals surface area contributed by atoms with Gasteiger partial charge in [-0.05, 0) is 36.0 Å². The van der Waals surface area contributed by atoms with Gasteiger partial charge in [0.2, 0.25) is 0 Å². The van der Waals surface area contributed by atoms with Crippen LogP contribution in [0.4, 0.5) is 11.4 Å². The molecule has 8 nitrogen and oxygen atoms in total. The van der Waals surface area contributed by atoms with Gasteiger partial charge in [-0.2, -0.15) is 0 Å². The zero-order chi connectivity index (χ0) is 19.1. The van der Waals surface area contributed by atoms with Crippen LogP contribution >= 0.6 is 12.2 Å². The van der Waals surface area contributed by atoms with Crippen LogP contribution in [0.5, 0.6) is 17.2 Å². The maximum absolute atomic E-state index is 10.8. The molecule has 0 spiro atoms. The van der Waals surface area contributed by atoms with E-state index >= 15 is 0 Å². The fourth-order valence-corrected chi connectivity index (χ4v) is 2.42. The first kappa shape index (κ1) is 19.3. The summed E-state index contributed by atoms with van der Waals surface area (Å²) in [5.74, 6) is 1.60. The molecule has 2 N–H and O–H groups in total. The number of hydrogen-bond donors (Lipinski definition) is 2. The van der Waals surface area contributed by atoms with Crippen molar-refractivity contribution < 1.29 is 19.1 Å². The Morgan fingerprint density at radius 1 is 1.04 bits per heavy atom. The van der Waals surface area contributed by atoms with Crippen LogP contribution in [0.25, 0.3) is 0 Å². The van der Waals surface area contributed by atoms with Crippen molar-refractivity contribution in [2.45, 2.75) is 6.54 Å². The van der Waals surface area contributed by atoms with Gasteiger partial charge in [0.1, 0.15) is 5.75 Å². The van der Waals surface area contributed by atoms with Crippen molar-refractivity contribution in [2.24, 2.45) is 0 Å². The van der Waals surface area contributed by atoms with Crippen LogP contribution in [0.1, 0.15) is 5.56 Å². The average Bonchev–Trinajstić information content (AvgIpc) is 2.66. The molecule has 138 valence electrons. The second-order valence-electron chi connectivity index (χ2n) is 5.14. The van der Waals surface area contributed by atoms with Crippen LogP contribution in [0, 0.1) is 10.1 Å². The second kappa shape index (κ2) is 8.86. The number of ether oxygens (including phenoxy) is 3. The van der Waals surface area contributed by atoms with Crippen molar-refractivity contribution in [3.8, 4) is 17.2 Å². The van der Waals surface area contributed by atoms with Gasteiger partial charge in [0.25, 0.3) is 5.69 Å². The Labute approximate surface area is 156 Å². The van der Waals surface area contributed by atoms with Crippen LogP contribution in [0.3, 0.4) is 0 Å². The molecule has 0 atom stereocenters. The molecule has 26 heavy (non-hydrogen) atoms. The van der Waals surface area contributed by atoms with Gasteiger partial charge in [-0.1, -0.05) is 6.07 Å². The Bertz CT molecular complexity index is 813. The van der Waals surface area contributed by atoms with Crippen LogP contribution in [-0.2, 0) is 6.54 Å². The summed E-state index contributed by atoms with van der Waals surface area (Å²) in [5, 5.41) is 17.2. The first-order chi connectivity index (χ1) is 12.5. The molecule has 0 aliphatic heterocycles. The number of thiocarbonyl (C=S) groups is 1. The zero-order valence-electron chi connectivity index (χ0n) is 14.6. The standard InChI is InChI=1S/C17H19N3O5S/c1-23-14-7-4-11(8-16(14)25-3)10-18-17(26)19-13-6-5-12(20(21)22)9-15(13)24-2/h4-9H,10H2,1-3H3,(H2,18,19,26). The Kier molecular flexibility index (Phi) is 6.56. The van der Waals surface area contributed by atoms with E-state index in [1.165, 1.54) is 19.2 Å². The largest absolute Gasteiger partial charge is 0.494 e. The fourth-order valence-electron chi connectivity index (χ4n) is 2.24. The Morgan fingerprint density at radius 3 is 2.35 bits per heavy atom. The van der Waals surface area contributed by atoms with E-state index in [4.69, 9.17) is 26.4 Å². The lowest BCUT2D eigenvalue weighted by Crippen LogP contribution is -2.28. The van der Waals surface area contributed by atoms with Gasteiger partial charge in [-0.25, -0.2) is 0 Å². The molecule has 0 aliphatic carbocycles. The number of hydrogen-bond acceptors (Lipinski definition) is 6. The third-order valence-corrected chi connectivity index (χ3v) is 3.79. The maximum Gasteiger partial charge on any atom is 0.273 e. The number of benzene rings is 2. The summed E-state index contributed by atoms with van der Waals surface area (Å²) in [6.45, 7) is 0.460. The van der Waals surface area contributed by atoms with Crippen LogP contribution < -0.4 is 24.8 Å². The van der Waals surface area contributed by atoms with E-state index in [9.17, 15) is 10.1 Å². The molecule has 2 aromatic rings. The molecule has 0 saturated carbocycles. The predicted molar refractivity (Wildman–Crippen MR) is 102 cm³/mol. The lowest BCUT2D eigenvalue weighted by Gasteiger charge is -2.14. The zero-order valence-corrected chi connectivity index (χ0v) is 15.4. The monoisotopic (exact) mass is 377 g/mol. The predicted octanol–water partition coefficient (Wildman–Crippen LogP) is 3.11. The van der Waals surface area contributed by atoms with E-state index in [0.717, 1.165) is 5.56 Å². The van der Waals surface area contributed by atoms with Crippen LogP contribution in [0.15, 0.2) is 36.4 Å². The van der Waals surface area contributed by atoms with Crippen LogP contribution in [0.2, 0.25) is 0 Å². The molecule has 0 aliphatic rings. The molecular formula is C17H19N3O5S. The van der Waals surface area contributed by atoms with E-state index in [0.29, 0.717) is 34.6 Å². The Balaban J connectivity index is 2.02. The number of methoxy groups -OCH3 is 3. The molecule has 0 bridgehead atoms. The summed E-state index contributed by atoms with van der Waals surface area (Å²) in [6.07, 6.45) is 0. The summed E-state index contributed by atoms with van der Waals surface area (Å²) < 4.78 is 15.6. The smallest absolute Gasteiger partial charge is 0.273 e. The summed E-state index contributed by atoms with van der Waals surface area (Å²) in [5.41, 5.74) is 1.42. The molecule has 0 aromatic heterocycles. The highest BCUT2D eigenvalue weighted by molar-refractivity contribution is 7.80. The van der Waals surface area contributed by atoms with Crippen LogP contribution in [-0.4, -0.2) is 31.4 Å². The lowest BCUT2D eigenvalue weighted by atomic mass is 10.2. The number of nitro benzene ring substituents is 1. The number of anilines is 1. The van der Waals surface area contributed by atoms with Gasteiger partial charge in [-0.15, -0.1) is 0 Å². The average molecular weight is 377 g/mol. The molecular weight excluding hydrogens is 358 g/mol. The molecule has 0 amide bonds. The van der Waals surface area contributed by atoms with Gasteiger partial charge >= 0.3 is 0 Å². The molecule has 0 radical (unpaired) electrons. The molecule has 0 saturated heterocycles. The summed E-state index contributed by atoms with van der Waals surface area (Å²) in [6, 6.07) is 9.80. The first-order valence-electron chi connectivity index (χ1n) is 7.56. The minimum absolute atomic E-state index is 0.0587. The maximum atomic E-state index is 10.8. The highest BCUT2D eigenvalue weighted by Crippen LogP contribution is 2.29. The normalized spacial score (nSPS) is 9.96. The molecule has 0 heterocycles. The molecule has 0 fully saturated rings. The third kappa shape index (κ3) is 4.73. The van der Waals surface area contributed by atoms with E-state index < -0.39 is 4.92 Å². The van der Waals surface area contributed by atoms with E-state index in [1.807, 2.05) is 18.2 Å². The van der Waals surface area contributed by atoms with Gasteiger partial charge in [0.05, 0.1) is 38.0 Å². The van der Waals surface area contributed by atoms with Gasteiger partial charge < -0.3 is 24.8 Å². The topological polar surface area (TPSA) is 94.9 Å². The van der Waals surface area contributed by atoms with Crippen molar-refractivity contribution in [3.63, 3.8) is 0 Å². The fraction of sp³-hybridized carbons (Fsp3) is 0.235. The van der Waals surface area contributed by atoms with E-state index in [1.54, 1.807) is 20.3 Å². The van der Waals surface area contributed by atoms with Crippen molar-refractivity contribution in [2.75, 3.05) is 26.6 Å². The van der Waals surface area contributed by atoms with Crippen molar-refractivity contribution in [1.82, 2.24) is 5.32 Å². The number of rotatable bonds is 7. The van der Waals surface area contributed by atoms with Gasteiger partial charge in [-0.3, -0.25) is 10.1 Å². The molecule has 2 aromatic carbocycles. The van der Waals surface area contributed by atoms with Gasteiger partial charge in [0, 0.05) is 12.6 Å². The third-order valence-electron chi connectivity index (χ3n) is 3.55. The SMILES string of the molecule is COc1cc([N+](=O)[O-])ccc1NC(=S)NCc1ccc(OC)c(OC)c1. The quantitative estimate of drug-likeness (QED) is 0.432. The number of nitrogens with zero attached hydrogens (tertiary/aromatic N) is 1.